The summed E-state index contributed by atoms with van der Waals surface area (Å²) in [6, 6.07) is 8.77. The molecule has 0 saturated carbocycles. The summed E-state index contributed by atoms with van der Waals surface area (Å²) in [6.07, 6.45) is 5.10. The van der Waals surface area contributed by atoms with Crippen LogP contribution in [-0.4, -0.2) is 44.9 Å². The van der Waals surface area contributed by atoms with Crippen LogP contribution in [-0.2, 0) is 6.54 Å². The van der Waals surface area contributed by atoms with E-state index in [0.717, 1.165) is 24.3 Å². The van der Waals surface area contributed by atoms with Gasteiger partial charge in [0.2, 0.25) is 11.8 Å². The standard InChI is InChI=1S/C18H18N6O2/c1-26-16-6-9-20-18(21-16)23-10-13(11-23)12-24-17(25)3-2-15(22-24)14-4-7-19-8-5-14/h2-9,13H,10-12H2,1H3. The van der Waals surface area contributed by atoms with Crippen molar-refractivity contribution in [3.05, 3.63) is 59.3 Å². The van der Waals surface area contributed by atoms with Gasteiger partial charge in [0, 0.05) is 55.3 Å². The number of rotatable bonds is 5. The van der Waals surface area contributed by atoms with Crippen LogP contribution in [0, 0.1) is 5.92 Å². The zero-order valence-electron chi connectivity index (χ0n) is 14.3. The first kappa shape index (κ1) is 16.2. The zero-order valence-corrected chi connectivity index (χ0v) is 14.3. The van der Waals surface area contributed by atoms with E-state index in [9.17, 15) is 4.79 Å². The van der Waals surface area contributed by atoms with Crippen LogP contribution >= 0.6 is 0 Å². The molecule has 0 unspecified atom stereocenters. The summed E-state index contributed by atoms with van der Waals surface area (Å²) in [7, 11) is 1.58. The lowest BCUT2D eigenvalue weighted by molar-refractivity contribution is 0.329. The topological polar surface area (TPSA) is 86.0 Å². The van der Waals surface area contributed by atoms with E-state index in [-0.39, 0.29) is 5.56 Å². The Labute approximate surface area is 150 Å². The maximum absolute atomic E-state index is 12.1. The Kier molecular flexibility index (Phi) is 4.30. The minimum absolute atomic E-state index is 0.0983. The first-order valence-corrected chi connectivity index (χ1v) is 8.33. The SMILES string of the molecule is COc1ccnc(N2CC(Cn3nc(-c4ccncc4)ccc3=O)C2)n1. The Morgan fingerprint density at radius 2 is 1.92 bits per heavy atom. The predicted molar refractivity (Wildman–Crippen MR) is 96.0 cm³/mol. The van der Waals surface area contributed by atoms with E-state index < -0.39 is 0 Å². The third-order valence-electron chi connectivity index (χ3n) is 4.34. The van der Waals surface area contributed by atoms with Crippen molar-refractivity contribution >= 4 is 5.95 Å². The van der Waals surface area contributed by atoms with Crippen LogP contribution in [0.3, 0.4) is 0 Å². The van der Waals surface area contributed by atoms with E-state index in [4.69, 9.17) is 4.74 Å². The van der Waals surface area contributed by atoms with Crippen LogP contribution in [0.2, 0.25) is 0 Å². The summed E-state index contributed by atoms with van der Waals surface area (Å²) in [6.45, 7) is 2.12. The number of ether oxygens (including phenoxy) is 1. The van der Waals surface area contributed by atoms with E-state index in [0.29, 0.717) is 24.3 Å². The molecule has 0 aliphatic carbocycles. The van der Waals surface area contributed by atoms with E-state index in [1.54, 1.807) is 43.9 Å². The molecule has 4 heterocycles. The Morgan fingerprint density at radius 1 is 1.12 bits per heavy atom. The molecule has 0 radical (unpaired) electrons. The highest BCUT2D eigenvalue weighted by atomic mass is 16.5. The molecule has 0 amide bonds. The number of pyridine rings is 1. The largest absolute Gasteiger partial charge is 0.481 e. The monoisotopic (exact) mass is 350 g/mol. The van der Waals surface area contributed by atoms with Crippen molar-refractivity contribution in [3.8, 4) is 17.1 Å². The van der Waals surface area contributed by atoms with Crippen molar-refractivity contribution in [1.29, 1.82) is 0 Å². The lowest BCUT2D eigenvalue weighted by Gasteiger charge is -2.39. The molecule has 0 N–H and O–H groups in total. The van der Waals surface area contributed by atoms with Crippen molar-refractivity contribution in [3.63, 3.8) is 0 Å². The summed E-state index contributed by atoms with van der Waals surface area (Å²) in [5.41, 5.74) is 1.60. The number of hydrogen-bond acceptors (Lipinski definition) is 7. The Bertz CT molecular complexity index is 953. The van der Waals surface area contributed by atoms with Crippen molar-refractivity contribution in [2.75, 3.05) is 25.1 Å². The number of hydrogen-bond donors (Lipinski definition) is 0. The van der Waals surface area contributed by atoms with Gasteiger partial charge < -0.3 is 9.64 Å². The van der Waals surface area contributed by atoms with E-state index >= 15 is 0 Å². The number of nitrogens with zero attached hydrogens (tertiary/aromatic N) is 6. The molecule has 0 aromatic carbocycles. The van der Waals surface area contributed by atoms with Crippen LogP contribution < -0.4 is 15.2 Å². The van der Waals surface area contributed by atoms with Gasteiger partial charge in [0.05, 0.1) is 19.3 Å². The molecule has 0 bridgehead atoms. The Hall–Kier alpha value is -3.29. The molecule has 1 saturated heterocycles. The molecule has 3 aromatic rings. The van der Waals surface area contributed by atoms with Crippen LogP contribution in [0.25, 0.3) is 11.3 Å². The zero-order chi connectivity index (χ0) is 17.9. The summed E-state index contributed by atoms with van der Waals surface area (Å²) in [5, 5.41) is 4.50. The molecule has 0 spiro atoms. The first-order chi connectivity index (χ1) is 12.7. The molecule has 1 aliphatic heterocycles. The fourth-order valence-corrected chi connectivity index (χ4v) is 2.95. The second kappa shape index (κ2) is 6.91. The van der Waals surface area contributed by atoms with Crippen molar-refractivity contribution < 1.29 is 4.74 Å². The van der Waals surface area contributed by atoms with Gasteiger partial charge >= 0.3 is 0 Å². The normalized spacial score (nSPS) is 14.1. The third-order valence-corrected chi connectivity index (χ3v) is 4.34. The summed E-state index contributed by atoms with van der Waals surface area (Å²) < 4.78 is 6.66. The minimum atomic E-state index is -0.0983. The van der Waals surface area contributed by atoms with E-state index in [1.807, 2.05) is 12.1 Å². The van der Waals surface area contributed by atoms with Gasteiger partial charge in [-0.2, -0.15) is 10.1 Å². The number of anilines is 1. The molecule has 132 valence electrons. The summed E-state index contributed by atoms with van der Waals surface area (Å²) in [4.78, 5) is 26.8. The fraction of sp³-hybridized carbons (Fsp3) is 0.278. The lowest BCUT2D eigenvalue weighted by atomic mass is 10.0. The van der Waals surface area contributed by atoms with Crippen molar-refractivity contribution in [2.24, 2.45) is 5.92 Å². The molecule has 26 heavy (non-hydrogen) atoms. The second-order valence-corrected chi connectivity index (χ2v) is 6.14. The third kappa shape index (κ3) is 3.26. The van der Waals surface area contributed by atoms with Gasteiger partial charge in [-0.3, -0.25) is 9.78 Å². The van der Waals surface area contributed by atoms with E-state index in [2.05, 4.69) is 25.0 Å². The molecular formula is C18H18N6O2. The summed E-state index contributed by atoms with van der Waals surface area (Å²) >= 11 is 0. The molecule has 4 rings (SSSR count). The predicted octanol–water partition coefficient (Wildman–Crippen LogP) is 1.24. The highest BCUT2D eigenvalue weighted by Gasteiger charge is 2.29. The molecule has 0 atom stereocenters. The van der Waals surface area contributed by atoms with E-state index in [1.165, 1.54) is 4.68 Å². The maximum atomic E-state index is 12.1. The smallest absolute Gasteiger partial charge is 0.266 e. The van der Waals surface area contributed by atoms with Crippen LogP contribution in [0.15, 0.2) is 53.7 Å². The minimum Gasteiger partial charge on any atom is -0.481 e. The number of methoxy groups -OCH3 is 1. The summed E-state index contributed by atoms with van der Waals surface area (Å²) in [5.74, 6) is 1.51. The molecule has 8 nitrogen and oxygen atoms in total. The van der Waals surface area contributed by atoms with Crippen LogP contribution in [0.4, 0.5) is 5.95 Å². The average molecular weight is 350 g/mol. The van der Waals surface area contributed by atoms with Crippen LogP contribution in [0.1, 0.15) is 0 Å². The highest BCUT2D eigenvalue weighted by Crippen LogP contribution is 2.23. The van der Waals surface area contributed by atoms with Gasteiger partial charge in [0.15, 0.2) is 0 Å². The quantitative estimate of drug-likeness (QED) is 0.684. The van der Waals surface area contributed by atoms with Gasteiger partial charge in [0.1, 0.15) is 0 Å². The second-order valence-electron chi connectivity index (χ2n) is 6.14. The van der Waals surface area contributed by atoms with Gasteiger partial charge in [-0.25, -0.2) is 9.67 Å². The van der Waals surface area contributed by atoms with Gasteiger partial charge in [0.25, 0.3) is 5.56 Å². The lowest BCUT2D eigenvalue weighted by Crippen LogP contribution is -2.50. The molecule has 1 fully saturated rings. The fourth-order valence-electron chi connectivity index (χ4n) is 2.95. The number of aromatic nitrogens is 5. The van der Waals surface area contributed by atoms with Crippen molar-refractivity contribution in [2.45, 2.75) is 6.54 Å². The average Bonchev–Trinajstić information content (AvgIpc) is 2.66. The van der Waals surface area contributed by atoms with Crippen LogP contribution in [0.5, 0.6) is 5.88 Å². The van der Waals surface area contributed by atoms with Gasteiger partial charge in [-0.15, -0.1) is 0 Å². The molecular weight excluding hydrogens is 332 g/mol. The Morgan fingerprint density at radius 3 is 2.69 bits per heavy atom. The first-order valence-electron chi connectivity index (χ1n) is 8.33. The molecule has 8 heteroatoms. The van der Waals surface area contributed by atoms with Gasteiger partial charge in [-0.05, 0) is 18.2 Å². The Balaban J connectivity index is 1.45. The van der Waals surface area contributed by atoms with Crippen molar-refractivity contribution in [1.82, 2.24) is 24.7 Å². The molecule has 1 aliphatic rings. The molecule has 3 aromatic heterocycles. The maximum Gasteiger partial charge on any atom is 0.266 e. The van der Waals surface area contributed by atoms with Gasteiger partial charge in [-0.1, -0.05) is 0 Å². The highest BCUT2D eigenvalue weighted by molar-refractivity contribution is 5.57.